The van der Waals surface area contributed by atoms with Gasteiger partial charge in [-0.15, -0.1) is 0 Å². The number of hydrogen-bond donors (Lipinski definition) is 3. The van der Waals surface area contributed by atoms with Gasteiger partial charge in [-0.05, 0) is 49.6 Å². The molecule has 0 aliphatic heterocycles. The number of carbonyl (C=O) groups excluding carboxylic acids is 1. The van der Waals surface area contributed by atoms with Crippen molar-refractivity contribution in [2.75, 3.05) is 24.3 Å². The van der Waals surface area contributed by atoms with E-state index >= 15 is 0 Å². The molecule has 3 aromatic rings. The zero-order valence-corrected chi connectivity index (χ0v) is 18.3. The van der Waals surface area contributed by atoms with Gasteiger partial charge in [0.05, 0.1) is 48.2 Å². The van der Waals surface area contributed by atoms with Crippen molar-refractivity contribution >= 4 is 28.9 Å². The van der Waals surface area contributed by atoms with Gasteiger partial charge in [-0.2, -0.15) is 5.10 Å². The topological polar surface area (TPSA) is 105 Å². The Morgan fingerprint density at radius 2 is 1.90 bits per heavy atom. The molecule has 8 nitrogen and oxygen atoms in total. The van der Waals surface area contributed by atoms with Gasteiger partial charge in [0.15, 0.2) is 0 Å². The van der Waals surface area contributed by atoms with Crippen LogP contribution < -0.4 is 10.6 Å². The van der Waals surface area contributed by atoms with Gasteiger partial charge in [0.25, 0.3) is 5.91 Å². The fourth-order valence-corrected chi connectivity index (χ4v) is 3.14. The van der Waals surface area contributed by atoms with E-state index in [9.17, 15) is 4.79 Å². The average molecular weight is 421 g/mol. The molecule has 0 spiro atoms. The number of nitrogens with zero attached hydrogens (tertiary/aromatic N) is 4. The minimum absolute atomic E-state index is 0.0404. The Hall–Kier alpha value is -3.52. The van der Waals surface area contributed by atoms with E-state index in [4.69, 9.17) is 5.11 Å². The van der Waals surface area contributed by atoms with Crippen molar-refractivity contribution in [2.24, 2.45) is 0 Å². The number of aliphatic hydroxyl groups is 1. The Kier molecular flexibility index (Phi) is 7.15. The van der Waals surface area contributed by atoms with Crippen LogP contribution in [-0.2, 0) is 6.54 Å². The van der Waals surface area contributed by atoms with Crippen LogP contribution in [0, 0.1) is 13.8 Å². The normalized spacial score (nSPS) is 11.5. The summed E-state index contributed by atoms with van der Waals surface area (Å²) in [5.74, 6) is -0.242. The van der Waals surface area contributed by atoms with E-state index in [1.54, 1.807) is 30.3 Å². The van der Waals surface area contributed by atoms with Crippen LogP contribution in [0.15, 0.2) is 36.9 Å². The fourth-order valence-electron chi connectivity index (χ4n) is 3.14. The highest BCUT2D eigenvalue weighted by Gasteiger charge is 2.12. The number of carbonyl (C=O) groups is 1. The summed E-state index contributed by atoms with van der Waals surface area (Å²) in [6.45, 7) is 6.33. The molecule has 0 fully saturated rings. The second-order valence-electron chi connectivity index (χ2n) is 7.20. The van der Waals surface area contributed by atoms with Crippen molar-refractivity contribution in [1.29, 1.82) is 0 Å². The number of nitrogens with one attached hydrogen (secondary N) is 2. The molecule has 8 heteroatoms. The summed E-state index contributed by atoms with van der Waals surface area (Å²) in [6.07, 6.45) is 9.83. The van der Waals surface area contributed by atoms with Crippen LogP contribution in [0.3, 0.4) is 0 Å². The molecule has 0 bridgehead atoms. The van der Waals surface area contributed by atoms with Gasteiger partial charge < -0.3 is 15.7 Å². The Labute approximate surface area is 182 Å². The minimum Gasteiger partial charge on any atom is -0.394 e. The van der Waals surface area contributed by atoms with Crippen LogP contribution in [0.4, 0.5) is 11.4 Å². The van der Waals surface area contributed by atoms with Gasteiger partial charge >= 0.3 is 0 Å². The molecule has 3 aromatic heterocycles. The molecule has 0 aromatic carbocycles. The van der Waals surface area contributed by atoms with Crippen molar-refractivity contribution in [3.8, 4) is 0 Å². The molecule has 162 valence electrons. The second-order valence-corrected chi connectivity index (χ2v) is 7.20. The van der Waals surface area contributed by atoms with Crippen molar-refractivity contribution in [1.82, 2.24) is 19.7 Å². The predicted molar refractivity (Wildman–Crippen MR) is 123 cm³/mol. The van der Waals surface area contributed by atoms with E-state index in [-0.39, 0.29) is 12.5 Å². The molecule has 3 rings (SSSR count). The third-order valence-electron chi connectivity index (χ3n) is 5.06. The lowest BCUT2D eigenvalue weighted by molar-refractivity contribution is 0.102. The molecule has 0 aliphatic carbocycles. The third-order valence-corrected chi connectivity index (χ3v) is 5.06. The maximum Gasteiger partial charge on any atom is 0.257 e. The number of amides is 1. The molecular formula is C23H28N6O2. The van der Waals surface area contributed by atoms with Crippen LogP contribution in [0.1, 0.15) is 46.2 Å². The summed E-state index contributed by atoms with van der Waals surface area (Å²) in [6, 6.07) is 3.69. The first-order valence-corrected chi connectivity index (χ1v) is 10.2. The van der Waals surface area contributed by atoms with Gasteiger partial charge in [0.1, 0.15) is 0 Å². The lowest BCUT2D eigenvalue weighted by Gasteiger charge is -2.11. The van der Waals surface area contributed by atoms with Crippen molar-refractivity contribution < 1.29 is 9.90 Å². The van der Waals surface area contributed by atoms with Crippen LogP contribution in [0.5, 0.6) is 0 Å². The largest absolute Gasteiger partial charge is 0.394 e. The molecule has 0 unspecified atom stereocenters. The summed E-state index contributed by atoms with van der Waals surface area (Å²) >= 11 is 0. The number of aromatic nitrogens is 4. The molecule has 0 saturated carbocycles. The highest BCUT2D eigenvalue weighted by atomic mass is 16.3. The number of anilines is 2. The van der Waals surface area contributed by atoms with E-state index in [2.05, 4.69) is 32.6 Å². The summed E-state index contributed by atoms with van der Waals surface area (Å²) in [5.41, 5.74) is 6.45. The highest BCUT2D eigenvalue weighted by molar-refractivity contribution is 6.05. The van der Waals surface area contributed by atoms with Gasteiger partial charge in [0.2, 0.25) is 0 Å². The van der Waals surface area contributed by atoms with Gasteiger partial charge in [-0.3, -0.25) is 19.4 Å². The zero-order valence-electron chi connectivity index (χ0n) is 18.3. The number of aliphatic hydroxyl groups excluding tert-OH is 1. The second kappa shape index (κ2) is 9.99. The quantitative estimate of drug-likeness (QED) is 0.515. The Morgan fingerprint density at radius 1 is 1.13 bits per heavy atom. The van der Waals surface area contributed by atoms with E-state index in [1.165, 1.54) is 0 Å². The van der Waals surface area contributed by atoms with E-state index < -0.39 is 0 Å². The lowest BCUT2D eigenvalue weighted by Crippen LogP contribution is -2.14. The third kappa shape index (κ3) is 5.35. The number of aryl methyl sites for hydroxylation is 2. The number of allylic oxidation sites excluding steroid dienone is 1. The van der Waals surface area contributed by atoms with E-state index in [0.717, 1.165) is 40.2 Å². The van der Waals surface area contributed by atoms with Gasteiger partial charge in [0, 0.05) is 30.7 Å². The molecule has 3 heterocycles. The molecule has 1 amide bonds. The maximum absolute atomic E-state index is 12.9. The van der Waals surface area contributed by atoms with Crippen molar-refractivity contribution in [2.45, 2.75) is 33.7 Å². The average Bonchev–Trinajstić information content (AvgIpc) is 3.23. The summed E-state index contributed by atoms with van der Waals surface area (Å²) in [5, 5.41) is 19.3. The lowest BCUT2D eigenvalue weighted by atomic mass is 10.0. The zero-order chi connectivity index (χ0) is 22.4. The first-order chi connectivity index (χ1) is 14.9. The molecule has 0 aliphatic rings. The van der Waals surface area contributed by atoms with Gasteiger partial charge in [-0.1, -0.05) is 6.92 Å². The van der Waals surface area contributed by atoms with Crippen molar-refractivity contribution in [3.63, 3.8) is 0 Å². The van der Waals surface area contributed by atoms with E-state index in [1.807, 2.05) is 38.3 Å². The minimum atomic E-state index is -0.242. The molecule has 31 heavy (non-hydrogen) atoms. The Balaban J connectivity index is 1.88. The number of rotatable bonds is 8. The van der Waals surface area contributed by atoms with Crippen LogP contribution in [0.25, 0.3) is 11.6 Å². The Bertz CT molecular complexity index is 1100. The summed E-state index contributed by atoms with van der Waals surface area (Å²) in [4.78, 5) is 21.6. The van der Waals surface area contributed by atoms with E-state index in [0.29, 0.717) is 17.8 Å². The standard InChI is InChI=1S/C23H28N6O2/c1-5-17(20-12-27-29(14-20)6-7-30)8-18-9-19(11-25-15(18)2)23(31)28-22-10-21(24-4)13-26-16(22)3/h8-14,24,30H,5-7H2,1-4H3,(H,28,31)/b17-8+. The maximum atomic E-state index is 12.9. The molecular weight excluding hydrogens is 392 g/mol. The van der Waals surface area contributed by atoms with Crippen LogP contribution in [-0.4, -0.2) is 44.4 Å². The molecule has 0 saturated heterocycles. The van der Waals surface area contributed by atoms with Crippen molar-refractivity contribution in [3.05, 3.63) is 65.0 Å². The smallest absolute Gasteiger partial charge is 0.257 e. The number of pyridine rings is 2. The first kappa shape index (κ1) is 22.2. The predicted octanol–water partition coefficient (Wildman–Crippen LogP) is 3.53. The first-order valence-electron chi connectivity index (χ1n) is 10.2. The van der Waals surface area contributed by atoms with Gasteiger partial charge in [-0.25, -0.2) is 0 Å². The molecule has 0 atom stereocenters. The monoisotopic (exact) mass is 420 g/mol. The molecule has 3 N–H and O–H groups in total. The highest BCUT2D eigenvalue weighted by Crippen LogP contribution is 2.23. The fraction of sp³-hybridized carbons (Fsp3) is 0.304. The Morgan fingerprint density at radius 3 is 2.61 bits per heavy atom. The number of hydrogen-bond acceptors (Lipinski definition) is 6. The summed E-state index contributed by atoms with van der Waals surface area (Å²) in [7, 11) is 1.80. The SMILES string of the molecule is CC/C(=C\c1cc(C(=O)Nc2cc(NC)cnc2C)cnc1C)c1cnn(CCO)c1. The van der Waals surface area contributed by atoms with Crippen LogP contribution >= 0.6 is 0 Å². The summed E-state index contributed by atoms with van der Waals surface area (Å²) < 4.78 is 1.71. The van der Waals surface area contributed by atoms with Crippen LogP contribution in [0.2, 0.25) is 0 Å². The molecule has 0 radical (unpaired) electrons.